The van der Waals surface area contributed by atoms with E-state index in [-0.39, 0.29) is 5.91 Å². The van der Waals surface area contributed by atoms with Gasteiger partial charge in [-0.25, -0.2) is 0 Å². The van der Waals surface area contributed by atoms with E-state index < -0.39 is 5.54 Å². The number of amides is 1. The highest BCUT2D eigenvalue weighted by atomic mass is 16.5. The van der Waals surface area contributed by atoms with E-state index in [4.69, 9.17) is 10.5 Å². The van der Waals surface area contributed by atoms with Crippen molar-refractivity contribution in [3.8, 4) is 0 Å². The second-order valence-corrected chi connectivity index (χ2v) is 4.25. The minimum absolute atomic E-state index is 0.179. The van der Waals surface area contributed by atoms with Gasteiger partial charge in [-0.3, -0.25) is 4.79 Å². The summed E-state index contributed by atoms with van der Waals surface area (Å²) in [6.45, 7) is 2.45. The van der Waals surface area contributed by atoms with Gasteiger partial charge in [0, 0.05) is 13.2 Å². The number of nitrogens with one attached hydrogen (secondary N) is 1. The third-order valence-corrected chi connectivity index (χ3v) is 3.55. The number of carbonyl (C=O) groups excluding carboxylic acids is 1. The van der Waals surface area contributed by atoms with Gasteiger partial charge in [-0.2, -0.15) is 0 Å². The summed E-state index contributed by atoms with van der Waals surface area (Å²) in [5.41, 5.74) is 5.09. The van der Waals surface area contributed by atoms with Crippen molar-refractivity contribution in [1.82, 2.24) is 5.32 Å². The molecule has 1 atom stereocenters. The van der Waals surface area contributed by atoms with Crippen molar-refractivity contribution < 1.29 is 9.53 Å². The number of ether oxygens (including phenoxy) is 1. The van der Waals surface area contributed by atoms with Gasteiger partial charge in [-0.15, -0.1) is 0 Å². The summed E-state index contributed by atoms with van der Waals surface area (Å²) in [6.07, 6.45) is 3.86. The highest BCUT2D eigenvalue weighted by molar-refractivity contribution is 5.85. The van der Waals surface area contributed by atoms with Gasteiger partial charge in [0.05, 0.1) is 0 Å². The average Bonchev–Trinajstić information content (AvgIpc) is 2.69. The van der Waals surface area contributed by atoms with E-state index in [9.17, 15) is 4.79 Å². The van der Waals surface area contributed by atoms with Crippen LogP contribution in [-0.2, 0) is 9.53 Å². The predicted octanol–water partition coefficient (Wildman–Crippen LogP) is 0.0205. The molecule has 2 heterocycles. The molecule has 3 N–H and O–H groups in total. The predicted molar refractivity (Wildman–Crippen MR) is 52.7 cm³/mol. The maximum Gasteiger partial charge on any atom is 0.238 e. The lowest BCUT2D eigenvalue weighted by molar-refractivity contribution is -0.127. The van der Waals surface area contributed by atoms with Crippen LogP contribution in [0.15, 0.2) is 0 Å². The van der Waals surface area contributed by atoms with Crippen LogP contribution in [0.5, 0.6) is 0 Å². The fourth-order valence-electron chi connectivity index (χ4n) is 2.72. The van der Waals surface area contributed by atoms with Crippen molar-refractivity contribution >= 4 is 5.91 Å². The minimum atomic E-state index is -0.427. The first-order chi connectivity index (χ1) is 6.76. The topological polar surface area (TPSA) is 64.4 Å². The molecule has 0 bridgehead atoms. The summed E-state index contributed by atoms with van der Waals surface area (Å²) in [5, 5.41) is 3.31. The number of rotatable bonds is 2. The van der Waals surface area contributed by atoms with Gasteiger partial charge in [0.25, 0.3) is 0 Å². The molecule has 0 aliphatic carbocycles. The van der Waals surface area contributed by atoms with Crippen LogP contribution >= 0.6 is 0 Å². The molecule has 4 heteroatoms. The third-order valence-electron chi connectivity index (χ3n) is 3.55. The van der Waals surface area contributed by atoms with Crippen LogP contribution in [-0.4, -0.2) is 31.2 Å². The average molecular weight is 198 g/mol. The maximum atomic E-state index is 11.5. The summed E-state index contributed by atoms with van der Waals surface area (Å²) in [7, 11) is 0. The van der Waals surface area contributed by atoms with E-state index in [1.807, 2.05) is 0 Å². The Balaban J connectivity index is 2.12. The molecule has 2 rings (SSSR count). The zero-order valence-electron chi connectivity index (χ0n) is 8.42. The van der Waals surface area contributed by atoms with Gasteiger partial charge >= 0.3 is 0 Å². The Bertz CT molecular complexity index is 218. The largest absolute Gasteiger partial charge is 0.381 e. The quantitative estimate of drug-likeness (QED) is 0.657. The number of carbonyl (C=O) groups is 1. The molecule has 0 spiro atoms. The third kappa shape index (κ3) is 1.53. The molecular weight excluding hydrogens is 180 g/mol. The van der Waals surface area contributed by atoms with Gasteiger partial charge in [0.1, 0.15) is 5.54 Å². The molecule has 0 saturated carbocycles. The molecule has 2 aliphatic heterocycles. The van der Waals surface area contributed by atoms with Crippen LogP contribution in [0, 0.1) is 5.92 Å². The standard InChI is InChI=1S/C10H18N2O2/c11-9(13)10(4-1-5-12-10)8-2-6-14-7-3-8/h8,12H,1-7H2,(H2,11,13). The fourth-order valence-corrected chi connectivity index (χ4v) is 2.72. The molecule has 1 unspecified atom stereocenters. The first-order valence-corrected chi connectivity index (χ1v) is 5.38. The Morgan fingerprint density at radius 3 is 2.64 bits per heavy atom. The minimum Gasteiger partial charge on any atom is -0.381 e. The van der Waals surface area contributed by atoms with Crippen molar-refractivity contribution in [2.75, 3.05) is 19.8 Å². The lowest BCUT2D eigenvalue weighted by Crippen LogP contribution is -2.57. The monoisotopic (exact) mass is 198 g/mol. The van der Waals surface area contributed by atoms with E-state index in [1.165, 1.54) is 0 Å². The first-order valence-electron chi connectivity index (χ1n) is 5.38. The number of nitrogens with two attached hydrogens (primary N) is 1. The van der Waals surface area contributed by atoms with Crippen LogP contribution in [0.3, 0.4) is 0 Å². The van der Waals surface area contributed by atoms with Crippen LogP contribution < -0.4 is 11.1 Å². The van der Waals surface area contributed by atoms with Crippen molar-refractivity contribution in [2.45, 2.75) is 31.2 Å². The Kier molecular flexibility index (Phi) is 2.74. The normalized spacial score (nSPS) is 34.6. The van der Waals surface area contributed by atoms with E-state index in [0.717, 1.165) is 45.4 Å². The van der Waals surface area contributed by atoms with E-state index in [1.54, 1.807) is 0 Å². The molecule has 0 aromatic rings. The number of hydrogen-bond acceptors (Lipinski definition) is 3. The maximum absolute atomic E-state index is 11.5. The highest BCUT2D eigenvalue weighted by Crippen LogP contribution is 2.34. The Morgan fingerprint density at radius 2 is 2.14 bits per heavy atom. The molecule has 2 aliphatic rings. The van der Waals surface area contributed by atoms with Gasteiger partial charge in [0.2, 0.25) is 5.91 Å². The summed E-state index contributed by atoms with van der Waals surface area (Å²) in [6, 6.07) is 0. The van der Waals surface area contributed by atoms with Crippen molar-refractivity contribution in [2.24, 2.45) is 11.7 Å². The summed E-state index contributed by atoms with van der Waals surface area (Å²) in [5.74, 6) is 0.193. The Morgan fingerprint density at radius 1 is 1.43 bits per heavy atom. The molecule has 14 heavy (non-hydrogen) atoms. The molecule has 0 aromatic heterocycles. The lowest BCUT2D eigenvalue weighted by Gasteiger charge is -2.37. The zero-order valence-corrected chi connectivity index (χ0v) is 8.42. The van der Waals surface area contributed by atoms with Gasteiger partial charge in [0.15, 0.2) is 0 Å². The van der Waals surface area contributed by atoms with Gasteiger partial charge in [-0.05, 0) is 38.1 Å². The van der Waals surface area contributed by atoms with E-state index in [2.05, 4.69) is 5.32 Å². The molecule has 2 fully saturated rings. The molecule has 4 nitrogen and oxygen atoms in total. The molecule has 0 radical (unpaired) electrons. The van der Waals surface area contributed by atoms with Gasteiger partial charge in [-0.1, -0.05) is 0 Å². The first kappa shape index (κ1) is 9.93. The molecule has 2 saturated heterocycles. The lowest BCUT2D eigenvalue weighted by atomic mass is 9.77. The van der Waals surface area contributed by atoms with Crippen molar-refractivity contribution in [3.05, 3.63) is 0 Å². The highest BCUT2D eigenvalue weighted by Gasteiger charge is 2.46. The summed E-state index contributed by atoms with van der Waals surface area (Å²) >= 11 is 0. The van der Waals surface area contributed by atoms with E-state index >= 15 is 0 Å². The second kappa shape index (κ2) is 3.87. The van der Waals surface area contributed by atoms with Crippen LogP contribution in [0.4, 0.5) is 0 Å². The summed E-state index contributed by atoms with van der Waals surface area (Å²) < 4.78 is 5.30. The SMILES string of the molecule is NC(=O)C1(C2CCOCC2)CCCN1. The number of hydrogen-bond donors (Lipinski definition) is 2. The molecular formula is C10H18N2O2. The number of primary amides is 1. The van der Waals surface area contributed by atoms with Gasteiger partial charge < -0.3 is 15.8 Å². The van der Waals surface area contributed by atoms with Crippen molar-refractivity contribution in [1.29, 1.82) is 0 Å². The fraction of sp³-hybridized carbons (Fsp3) is 0.900. The second-order valence-electron chi connectivity index (χ2n) is 4.25. The molecule has 0 aromatic carbocycles. The van der Waals surface area contributed by atoms with E-state index in [0.29, 0.717) is 5.92 Å². The molecule has 1 amide bonds. The van der Waals surface area contributed by atoms with Crippen LogP contribution in [0.1, 0.15) is 25.7 Å². The Labute approximate surface area is 84.2 Å². The summed E-state index contributed by atoms with van der Waals surface area (Å²) in [4.78, 5) is 11.5. The zero-order chi connectivity index (χ0) is 10.0. The smallest absolute Gasteiger partial charge is 0.238 e. The van der Waals surface area contributed by atoms with Crippen molar-refractivity contribution in [3.63, 3.8) is 0 Å². The van der Waals surface area contributed by atoms with Crippen LogP contribution in [0.2, 0.25) is 0 Å². The molecule has 80 valence electrons. The van der Waals surface area contributed by atoms with Crippen LogP contribution in [0.25, 0.3) is 0 Å². The Hall–Kier alpha value is -0.610.